The summed E-state index contributed by atoms with van der Waals surface area (Å²) in [6.45, 7) is 6.69. The minimum absolute atomic E-state index is 0.0364. The molecule has 0 amide bonds. The van der Waals surface area contributed by atoms with Crippen molar-refractivity contribution in [2.75, 3.05) is 0 Å². The maximum Gasteiger partial charge on any atom is 0.136 e. The van der Waals surface area contributed by atoms with Gasteiger partial charge >= 0.3 is 0 Å². The van der Waals surface area contributed by atoms with E-state index in [4.69, 9.17) is 20.4 Å². The maximum absolute atomic E-state index is 6.49. The second-order valence-corrected chi connectivity index (χ2v) is 10.5. The van der Waals surface area contributed by atoms with Gasteiger partial charge in [-0.1, -0.05) is 62.7 Å². The predicted octanol–water partition coefficient (Wildman–Crippen LogP) is 9.38. The summed E-state index contributed by atoms with van der Waals surface area (Å²) in [6, 6.07) is 25.1. The lowest BCUT2D eigenvalue weighted by atomic mass is 9.86. The van der Waals surface area contributed by atoms with Crippen LogP contribution in [0.2, 0.25) is 5.02 Å². The largest absolute Gasteiger partial charge is 0.462 e. The van der Waals surface area contributed by atoms with E-state index in [-0.39, 0.29) is 5.41 Å². The Morgan fingerprint density at radius 1 is 0.676 bits per heavy atom. The lowest BCUT2D eigenvalue weighted by Gasteiger charge is -2.19. The summed E-state index contributed by atoms with van der Waals surface area (Å²) >= 11 is 6.49. The zero-order valence-corrected chi connectivity index (χ0v) is 19.9. The number of fused-ring (bicyclic) bond motifs is 7. The fourth-order valence-electron chi connectivity index (χ4n) is 5.12. The van der Waals surface area contributed by atoms with Crippen LogP contribution in [0.3, 0.4) is 0 Å². The topological polar surface area (TPSA) is 31.2 Å². The van der Waals surface area contributed by atoms with Crippen molar-refractivity contribution in [3.8, 4) is 5.69 Å². The Labute approximate surface area is 201 Å². The Morgan fingerprint density at radius 2 is 1.50 bits per heavy atom. The van der Waals surface area contributed by atoms with E-state index in [1.807, 2.05) is 30.5 Å². The first-order chi connectivity index (χ1) is 16.4. The van der Waals surface area contributed by atoms with Gasteiger partial charge in [-0.3, -0.25) is 0 Å². The third kappa shape index (κ3) is 2.71. The molecule has 0 radical (unpaired) electrons. The fourth-order valence-corrected chi connectivity index (χ4v) is 5.29. The zero-order valence-electron chi connectivity index (χ0n) is 19.1. The molecule has 0 aliphatic carbocycles. The third-order valence-electron chi connectivity index (χ3n) is 6.89. The van der Waals surface area contributed by atoms with Crippen LogP contribution in [0.1, 0.15) is 26.3 Å². The summed E-state index contributed by atoms with van der Waals surface area (Å²) in [4.78, 5) is 0. The van der Waals surface area contributed by atoms with Crippen molar-refractivity contribution in [1.82, 2.24) is 4.57 Å². The van der Waals surface area contributed by atoms with Crippen LogP contribution in [0.15, 0.2) is 87.9 Å². The van der Waals surface area contributed by atoms with Crippen LogP contribution >= 0.6 is 11.6 Å². The summed E-state index contributed by atoms with van der Waals surface area (Å²) in [6.07, 6.45) is 1.86. The smallest absolute Gasteiger partial charge is 0.136 e. The molecule has 3 heterocycles. The van der Waals surface area contributed by atoms with E-state index in [0.717, 1.165) is 60.4 Å². The molecule has 0 bridgehead atoms. The van der Waals surface area contributed by atoms with Gasteiger partial charge in [-0.25, -0.2) is 0 Å². The quantitative estimate of drug-likeness (QED) is 0.243. The summed E-state index contributed by atoms with van der Waals surface area (Å²) in [7, 11) is 0. The molecule has 34 heavy (non-hydrogen) atoms. The fraction of sp³-hybridized carbons (Fsp3) is 0.133. The first-order valence-corrected chi connectivity index (χ1v) is 11.8. The standard InChI is InChI=1S/C30H22ClNO2/c1-30(2,3)17-8-11-27-23(12-17)26(16-33-27)32-24-13-18(31)9-10-19(24)21-15-29-22(14-25(21)32)20-6-4-5-7-28(20)34-29/h4-16H,1-3H3. The minimum atomic E-state index is 0.0364. The number of nitrogens with zero attached hydrogens (tertiary/aromatic N) is 1. The SMILES string of the molecule is CC(C)(C)c1ccc2occ(-n3c4cc(Cl)ccc4c4cc5oc6ccccc6c5cc43)c2c1. The van der Waals surface area contributed by atoms with Crippen molar-refractivity contribution in [2.24, 2.45) is 0 Å². The number of para-hydroxylation sites is 1. The van der Waals surface area contributed by atoms with Gasteiger partial charge in [-0.2, -0.15) is 0 Å². The number of benzene rings is 4. The molecule has 0 spiro atoms. The third-order valence-corrected chi connectivity index (χ3v) is 7.12. The highest BCUT2D eigenvalue weighted by atomic mass is 35.5. The molecule has 0 fully saturated rings. The van der Waals surface area contributed by atoms with Crippen LogP contribution in [0.4, 0.5) is 0 Å². The lowest BCUT2D eigenvalue weighted by molar-refractivity contribution is 0.589. The van der Waals surface area contributed by atoms with Crippen molar-refractivity contribution in [3.63, 3.8) is 0 Å². The predicted molar refractivity (Wildman–Crippen MR) is 142 cm³/mol. The maximum atomic E-state index is 6.49. The van der Waals surface area contributed by atoms with E-state index in [0.29, 0.717) is 5.02 Å². The summed E-state index contributed by atoms with van der Waals surface area (Å²) < 4.78 is 14.5. The molecule has 7 aromatic rings. The van der Waals surface area contributed by atoms with Gasteiger partial charge in [0.2, 0.25) is 0 Å². The van der Waals surface area contributed by atoms with Gasteiger partial charge in [0.25, 0.3) is 0 Å². The Kier molecular flexibility index (Phi) is 3.88. The molecule has 0 N–H and O–H groups in total. The zero-order chi connectivity index (χ0) is 23.2. The van der Waals surface area contributed by atoms with Gasteiger partial charge in [-0.05, 0) is 53.4 Å². The van der Waals surface area contributed by atoms with Crippen LogP contribution in [0.5, 0.6) is 0 Å². The highest BCUT2D eigenvalue weighted by Crippen LogP contribution is 2.41. The molecular formula is C30H22ClNO2. The summed E-state index contributed by atoms with van der Waals surface area (Å²) in [5.74, 6) is 0. The van der Waals surface area contributed by atoms with Gasteiger partial charge in [-0.15, -0.1) is 0 Å². The average molecular weight is 464 g/mol. The van der Waals surface area contributed by atoms with E-state index >= 15 is 0 Å². The molecule has 4 heteroatoms. The van der Waals surface area contributed by atoms with Crippen LogP contribution < -0.4 is 0 Å². The molecule has 0 unspecified atom stereocenters. The van der Waals surface area contributed by atoms with E-state index in [9.17, 15) is 0 Å². The molecule has 0 saturated heterocycles. The second kappa shape index (κ2) is 6.68. The molecule has 0 aliphatic heterocycles. The molecule has 3 aromatic heterocycles. The molecule has 0 atom stereocenters. The van der Waals surface area contributed by atoms with Crippen LogP contribution in [0.25, 0.3) is 60.4 Å². The van der Waals surface area contributed by atoms with Crippen molar-refractivity contribution >= 4 is 66.3 Å². The van der Waals surface area contributed by atoms with Gasteiger partial charge in [0.1, 0.15) is 23.0 Å². The first kappa shape index (κ1) is 19.7. The van der Waals surface area contributed by atoms with Gasteiger partial charge < -0.3 is 13.4 Å². The number of rotatable bonds is 1. The first-order valence-electron chi connectivity index (χ1n) is 11.5. The molecule has 166 valence electrons. The van der Waals surface area contributed by atoms with Crippen LogP contribution in [-0.4, -0.2) is 4.57 Å². The molecule has 7 rings (SSSR count). The average Bonchev–Trinajstić information content (AvgIpc) is 3.47. The van der Waals surface area contributed by atoms with Gasteiger partial charge in [0, 0.05) is 32.0 Å². The van der Waals surface area contributed by atoms with Gasteiger partial charge in [0.05, 0.1) is 16.7 Å². The van der Waals surface area contributed by atoms with E-state index in [2.05, 4.69) is 73.9 Å². The van der Waals surface area contributed by atoms with Gasteiger partial charge in [0.15, 0.2) is 0 Å². The monoisotopic (exact) mass is 463 g/mol. The van der Waals surface area contributed by atoms with Crippen molar-refractivity contribution < 1.29 is 8.83 Å². The molecule has 0 aliphatic rings. The number of halogens is 1. The second-order valence-electron chi connectivity index (χ2n) is 10.0. The normalized spacial score (nSPS) is 12.7. The van der Waals surface area contributed by atoms with E-state index in [1.54, 1.807) is 0 Å². The Morgan fingerprint density at radius 3 is 2.35 bits per heavy atom. The Bertz CT molecular complexity index is 1910. The summed E-state index contributed by atoms with van der Waals surface area (Å²) in [5.41, 5.74) is 7.11. The van der Waals surface area contributed by atoms with Crippen molar-refractivity contribution in [1.29, 1.82) is 0 Å². The van der Waals surface area contributed by atoms with Crippen molar-refractivity contribution in [2.45, 2.75) is 26.2 Å². The van der Waals surface area contributed by atoms with E-state index in [1.165, 1.54) is 5.56 Å². The highest BCUT2D eigenvalue weighted by Gasteiger charge is 2.21. The number of aromatic nitrogens is 1. The number of hydrogen-bond acceptors (Lipinski definition) is 2. The molecular weight excluding hydrogens is 442 g/mol. The van der Waals surface area contributed by atoms with Crippen LogP contribution in [0, 0.1) is 0 Å². The Balaban J connectivity index is 1.65. The molecule has 0 saturated carbocycles. The lowest BCUT2D eigenvalue weighted by Crippen LogP contribution is -2.10. The number of hydrogen-bond donors (Lipinski definition) is 0. The number of furan rings is 2. The minimum Gasteiger partial charge on any atom is -0.462 e. The van der Waals surface area contributed by atoms with E-state index < -0.39 is 0 Å². The molecule has 4 aromatic carbocycles. The van der Waals surface area contributed by atoms with Crippen LogP contribution in [-0.2, 0) is 5.41 Å². The Hall–Kier alpha value is -3.69. The summed E-state index contributed by atoms with van der Waals surface area (Å²) in [5, 5.41) is 6.25. The highest BCUT2D eigenvalue weighted by molar-refractivity contribution is 6.32. The van der Waals surface area contributed by atoms with Crippen molar-refractivity contribution in [3.05, 3.63) is 89.6 Å². The molecule has 3 nitrogen and oxygen atoms in total.